The minimum atomic E-state index is -0.114. The molecule has 0 aliphatic heterocycles. The third-order valence-corrected chi connectivity index (χ3v) is 4.93. The molecular formula is C19H22N6O2S. The van der Waals surface area contributed by atoms with E-state index in [4.69, 9.17) is 4.42 Å². The van der Waals surface area contributed by atoms with Gasteiger partial charge >= 0.3 is 0 Å². The Morgan fingerprint density at radius 2 is 2.18 bits per heavy atom. The van der Waals surface area contributed by atoms with Crippen LogP contribution in [0.5, 0.6) is 0 Å². The van der Waals surface area contributed by atoms with Gasteiger partial charge in [0.1, 0.15) is 5.76 Å². The van der Waals surface area contributed by atoms with Crippen molar-refractivity contribution >= 4 is 35.5 Å². The van der Waals surface area contributed by atoms with Crippen molar-refractivity contribution in [3.63, 3.8) is 0 Å². The largest absolute Gasteiger partial charge is 0.463 e. The minimum Gasteiger partial charge on any atom is -0.463 e. The first-order valence-corrected chi connectivity index (χ1v) is 9.90. The zero-order valence-corrected chi connectivity index (χ0v) is 16.5. The predicted molar refractivity (Wildman–Crippen MR) is 111 cm³/mol. The van der Waals surface area contributed by atoms with Crippen LogP contribution < -0.4 is 10.7 Å². The molecule has 2 aromatic heterocycles. The number of furan rings is 1. The first kappa shape index (κ1) is 19.7. The van der Waals surface area contributed by atoms with Gasteiger partial charge < -0.3 is 9.73 Å². The van der Waals surface area contributed by atoms with Crippen molar-refractivity contribution in [3.8, 4) is 0 Å². The number of hydrogen-bond donors (Lipinski definition) is 3. The van der Waals surface area contributed by atoms with Crippen molar-refractivity contribution in [3.05, 3.63) is 54.0 Å². The zero-order chi connectivity index (χ0) is 19.8. The first-order valence-electron chi connectivity index (χ1n) is 8.91. The maximum absolute atomic E-state index is 12.1. The molecule has 146 valence electrons. The molecule has 0 bridgehead atoms. The smallest absolute Gasteiger partial charge is 0.240 e. The van der Waals surface area contributed by atoms with Crippen molar-refractivity contribution in [1.29, 1.82) is 0 Å². The average Bonchev–Trinajstić information content (AvgIpc) is 3.38. The number of hydrazone groups is 1. The molecule has 3 aromatic rings. The van der Waals surface area contributed by atoms with Crippen LogP contribution >= 0.6 is 11.8 Å². The van der Waals surface area contributed by atoms with Crippen molar-refractivity contribution in [1.82, 2.24) is 15.2 Å². The Labute approximate surface area is 167 Å². The second-order valence-electron chi connectivity index (χ2n) is 6.12. The molecule has 0 unspecified atom stereocenters. The lowest BCUT2D eigenvalue weighted by atomic mass is 9.99. The van der Waals surface area contributed by atoms with Crippen LogP contribution in [0.2, 0.25) is 0 Å². The highest BCUT2D eigenvalue weighted by Crippen LogP contribution is 2.21. The van der Waals surface area contributed by atoms with Crippen molar-refractivity contribution < 1.29 is 9.21 Å². The number of thioether (sulfide) groups is 1. The highest BCUT2D eigenvalue weighted by molar-refractivity contribution is 7.99. The molecule has 9 heteroatoms. The number of aromatic amines is 1. The van der Waals surface area contributed by atoms with Gasteiger partial charge in [0, 0.05) is 5.69 Å². The van der Waals surface area contributed by atoms with E-state index in [0.717, 1.165) is 12.1 Å². The predicted octanol–water partition coefficient (Wildman–Crippen LogP) is 4.09. The molecule has 28 heavy (non-hydrogen) atoms. The van der Waals surface area contributed by atoms with Crippen molar-refractivity contribution in [2.45, 2.75) is 31.3 Å². The molecule has 1 aromatic carbocycles. The Balaban J connectivity index is 1.44. The van der Waals surface area contributed by atoms with E-state index in [0.29, 0.717) is 22.8 Å². The number of nitrogens with one attached hydrogen (secondary N) is 3. The van der Waals surface area contributed by atoms with E-state index in [1.165, 1.54) is 23.5 Å². The van der Waals surface area contributed by atoms with E-state index in [1.807, 2.05) is 24.3 Å². The number of aromatic nitrogens is 3. The molecular weight excluding hydrogens is 376 g/mol. The summed E-state index contributed by atoms with van der Waals surface area (Å²) in [5, 5.41) is 14.1. The summed E-state index contributed by atoms with van der Waals surface area (Å²) in [4.78, 5) is 16.3. The van der Waals surface area contributed by atoms with Gasteiger partial charge in [0.15, 0.2) is 0 Å². The Bertz CT molecular complexity index is 905. The van der Waals surface area contributed by atoms with Gasteiger partial charge in [-0.15, -0.1) is 5.10 Å². The number of H-pyrrole nitrogens is 1. The normalized spacial score (nSPS) is 12.2. The fourth-order valence-electron chi connectivity index (χ4n) is 2.34. The third kappa shape index (κ3) is 5.71. The highest BCUT2D eigenvalue weighted by atomic mass is 32.2. The van der Waals surface area contributed by atoms with Gasteiger partial charge in [-0.1, -0.05) is 37.7 Å². The molecule has 2 heterocycles. The summed E-state index contributed by atoms with van der Waals surface area (Å²) in [7, 11) is 0. The molecule has 0 aliphatic carbocycles. The van der Waals surface area contributed by atoms with Crippen LogP contribution in [0.25, 0.3) is 0 Å². The molecule has 0 aliphatic rings. The summed E-state index contributed by atoms with van der Waals surface area (Å²) in [6.45, 7) is 4.35. The van der Waals surface area contributed by atoms with E-state index in [9.17, 15) is 4.79 Å². The summed E-state index contributed by atoms with van der Waals surface area (Å²) >= 11 is 1.24. The molecule has 0 saturated heterocycles. The minimum absolute atomic E-state index is 0.114. The summed E-state index contributed by atoms with van der Waals surface area (Å²) in [6, 6.07) is 11.5. The molecule has 0 spiro atoms. The van der Waals surface area contributed by atoms with Crippen LogP contribution in [0, 0.1) is 0 Å². The summed E-state index contributed by atoms with van der Waals surface area (Å²) in [5.74, 6) is 1.61. The van der Waals surface area contributed by atoms with Gasteiger partial charge in [-0.3, -0.25) is 4.79 Å². The Hall–Kier alpha value is -3.07. The third-order valence-electron chi connectivity index (χ3n) is 4.08. The molecule has 0 fully saturated rings. The standard InChI is InChI=1S/C19H22N6O2S/c1-3-13(2)14-6-8-15(9-7-14)21-17(26)12-28-19-22-18(24-25-19)23-20-11-16-5-4-10-27-16/h4-11,13H,3,12H2,1-2H3,(H,21,26)(H2,22,23,24,25)/b20-11-/t13-/m1/s1. The number of nitrogens with zero attached hydrogens (tertiary/aromatic N) is 3. The van der Waals surface area contributed by atoms with Crippen LogP contribution in [0.4, 0.5) is 11.6 Å². The summed E-state index contributed by atoms with van der Waals surface area (Å²) in [5.41, 5.74) is 4.76. The molecule has 1 amide bonds. The first-order chi connectivity index (χ1) is 13.6. The van der Waals surface area contributed by atoms with Crippen LogP contribution in [0.3, 0.4) is 0 Å². The number of rotatable bonds is 9. The molecule has 0 radical (unpaired) electrons. The lowest BCUT2D eigenvalue weighted by Crippen LogP contribution is -2.14. The molecule has 3 rings (SSSR count). The molecule has 3 N–H and O–H groups in total. The van der Waals surface area contributed by atoms with Gasteiger partial charge in [-0.25, -0.2) is 10.5 Å². The van der Waals surface area contributed by atoms with Gasteiger partial charge in [0.2, 0.25) is 17.0 Å². The lowest BCUT2D eigenvalue weighted by molar-refractivity contribution is -0.113. The zero-order valence-electron chi connectivity index (χ0n) is 15.7. The number of benzene rings is 1. The molecule has 1 atom stereocenters. The summed E-state index contributed by atoms with van der Waals surface area (Å²) in [6.07, 6.45) is 4.18. The van der Waals surface area contributed by atoms with Crippen LogP contribution in [0.1, 0.15) is 37.5 Å². The average molecular weight is 398 g/mol. The Kier molecular flexibility index (Phi) is 6.85. The van der Waals surface area contributed by atoms with E-state index >= 15 is 0 Å². The maximum Gasteiger partial charge on any atom is 0.240 e. The van der Waals surface area contributed by atoms with E-state index < -0.39 is 0 Å². The second kappa shape index (κ2) is 9.75. The molecule has 0 saturated carbocycles. The molecule has 8 nitrogen and oxygen atoms in total. The van der Waals surface area contributed by atoms with Crippen LogP contribution in [0.15, 0.2) is 57.3 Å². The topological polar surface area (TPSA) is 108 Å². The number of carbonyl (C=O) groups excluding carboxylic acids is 1. The van der Waals surface area contributed by atoms with Gasteiger partial charge in [-0.2, -0.15) is 10.1 Å². The lowest BCUT2D eigenvalue weighted by Gasteiger charge is -2.10. The Morgan fingerprint density at radius 1 is 1.36 bits per heavy atom. The van der Waals surface area contributed by atoms with Crippen molar-refractivity contribution in [2.75, 3.05) is 16.5 Å². The quantitative estimate of drug-likeness (QED) is 0.285. The van der Waals surface area contributed by atoms with Crippen LogP contribution in [-0.2, 0) is 4.79 Å². The Morgan fingerprint density at radius 3 is 2.89 bits per heavy atom. The number of amides is 1. The number of hydrogen-bond acceptors (Lipinski definition) is 7. The van der Waals surface area contributed by atoms with E-state index in [-0.39, 0.29) is 11.7 Å². The number of anilines is 2. The van der Waals surface area contributed by atoms with Crippen LogP contribution in [-0.4, -0.2) is 33.1 Å². The number of carbonyl (C=O) groups is 1. The summed E-state index contributed by atoms with van der Waals surface area (Å²) < 4.78 is 5.13. The monoisotopic (exact) mass is 398 g/mol. The van der Waals surface area contributed by atoms with E-state index in [1.54, 1.807) is 18.4 Å². The van der Waals surface area contributed by atoms with E-state index in [2.05, 4.69) is 44.9 Å². The maximum atomic E-state index is 12.1. The fourth-order valence-corrected chi connectivity index (χ4v) is 2.94. The fraction of sp³-hybridized carbons (Fsp3) is 0.263. The van der Waals surface area contributed by atoms with Gasteiger partial charge in [0.05, 0.1) is 18.2 Å². The van der Waals surface area contributed by atoms with Gasteiger partial charge in [0.25, 0.3) is 0 Å². The SMILES string of the molecule is CC[C@@H](C)c1ccc(NC(=O)CSc2n[nH]c(N/N=C\c3ccco3)n2)cc1. The second-order valence-corrected chi connectivity index (χ2v) is 7.06. The highest BCUT2D eigenvalue weighted by Gasteiger charge is 2.09. The van der Waals surface area contributed by atoms with Gasteiger partial charge in [-0.05, 0) is 42.2 Å². The van der Waals surface area contributed by atoms with Crippen molar-refractivity contribution in [2.24, 2.45) is 5.10 Å².